The normalized spacial score (nSPS) is 23.1. The molecule has 0 unspecified atom stereocenters. The largest absolute Gasteiger partial charge is 0.393 e. The van der Waals surface area contributed by atoms with Gasteiger partial charge in [0.1, 0.15) is 5.82 Å². The van der Waals surface area contributed by atoms with Crippen LogP contribution < -0.4 is 4.72 Å². The van der Waals surface area contributed by atoms with Gasteiger partial charge in [0.25, 0.3) is 0 Å². The minimum absolute atomic E-state index is 0.0263. The molecule has 0 saturated heterocycles. The summed E-state index contributed by atoms with van der Waals surface area (Å²) >= 11 is 5.62. The summed E-state index contributed by atoms with van der Waals surface area (Å²) in [6.45, 7) is 0.235. The molecule has 1 aromatic rings. The van der Waals surface area contributed by atoms with Crippen LogP contribution in [0.15, 0.2) is 18.2 Å². The lowest BCUT2D eigenvalue weighted by molar-refractivity contribution is 0.134. The third kappa shape index (κ3) is 4.15. The van der Waals surface area contributed by atoms with Crippen molar-refractivity contribution in [2.45, 2.75) is 31.1 Å². The van der Waals surface area contributed by atoms with Gasteiger partial charge in [-0.15, -0.1) is 0 Å². The highest BCUT2D eigenvalue weighted by atomic mass is 35.5. The summed E-state index contributed by atoms with van der Waals surface area (Å²) in [4.78, 5) is 0. The monoisotopic (exact) mass is 321 g/mol. The first-order valence-corrected chi connectivity index (χ1v) is 8.50. The summed E-state index contributed by atoms with van der Waals surface area (Å²) in [5, 5.41) is 9.55. The van der Waals surface area contributed by atoms with Gasteiger partial charge in [0.15, 0.2) is 0 Å². The number of sulfonamides is 1. The first kappa shape index (κ1) is 15.7. The van der Waals surface area contributed by atoms with Gasteiger partial charge in [-0.2, -0.15) is 0 Å². The first-order chi connectivity index (χ1) is 9.37. The van der Waals surface area contributed by atoms with E-state index in [4.69, 9.17) is 11.6 Å². The van der Waals surface area contributed by atoms with Crippen LogP contribution in [0.1, 0.15) is 24.8 Å². The molecule has 0 amide bonds. The van der Waals surface area contributed by atoms with E-state index in [1.807, 2.05) is 0 Å². The maximum absolute atomic E-state index is 13.0. The zero-order valence-corrected chi connectivity index (χ0v) is 12.4. The van der Waals surface area contributed by atoms with Crippen LogP contribution in [-0.2, 0) is 15.8 Å². The molecule has 0 bridgehead atoms. The minimum atomic E-state index is -3.52. The van der Waals surface area contributed by atoms with E-state index in [1.54, 1.807) is 0 Å². The fourth-order valence-electron chi connectivity index (χ4n) is 2.39. The lowest BCUT2D eigenvalue weighted by Gasteiger charge is -2.15. The molecule has 0 radical (unpaired) electrons. The molecule has 1 fully saturated rings. The maximum atomic E-state index is 13.0. The molecule has 112 valence electrons. The summed E-state index contributed by atoms with van der Waals surface area (Å²) in [5.74, 6) is -0.855. The Morgan fingerprint density at radius 1 is 1.40 bits per heavy atom. The number of nitrogens with one attached hydrogen (secondary N) is 1. The summed E-state index contributed by atoms with van der Waals surface area (Å²) in [5.41, 5.74) is 0.427. The van der Waals surface area contributed by atoms with Crippen molar-refractivity contribution < 1.29 is 17.9 Å². The molecule has 7 heteroatoms. The SMILES string of the molecule is O=S(=O)(Cc1ccc(F)c(Cl)c1)NC[C@H]1CCC[C@H]1O. The number of rotatable bonds is 5. The third-order valence-electron chi connectivity index (χ3n) is 3.53. The smallest absolute Gasteiger partial charge is 0.215 e. The molecule has 0 aromatic heterocycles. The van der Waals surface area contributed by atoms with Crippen LogP contribution >= 0.6 is 11.6 Å². The van der Waals surface area contributed by atoms with E-state index < -0.39 is 21.9 Å². The Bertz CT molecular complexity index is 579. The fourth-order valence-corrected chi connectivity index (χ4v) is 3.78. The van der Waals surface area contributed by atoms with Gasteiger partial charge in [0, 0.05) is 6.54 Å². The minimum Gasteiger partial charge on any atom is -0.393 e. The highest BCUT2D eigenvalue weighted by Crippen LogP contribution is 2.25. The Kier molecular flexibility index (Phi) is 5.01. The second-order valence-corrected chi connectivity index (χ2v) is 7.33. The van der Waals surface area contributed by atoms with Crippen molar-refractivity contribution in [3.05, 3.63) is 34.6 Å². The quantitative estimate of drug-likeness (QED) is 0.872. The molecule has 1 aliphatic rings. The van der Waals surface area contributed by atoms with Crippen molar-refractivity contribution in [1.82, 2.24) is 4.72 Å². The van der Waals surface area contributed by atoms with Gasteiger partial charge in [-0.25, -0.2) is 17.5 Å². The zero-order chi connectivity index (χ0) is 14.8. The summed E-state index contributed by atoms with van der Waals surface area (Å²) in [6.07, 6.45) is 2.03. The van der Waals surface area contributed by atoms with E-state index in [-0.39, 0.29) is 23.2 Å². The highest BCUT2D eigenvalue weighted by Gasteiger charge is 2.26. The van der Waals surface area contributed by atoms with Crippen LogP contribution in [-0.4, -0.2) is 26.2 Å². The van der Waals surface area contributed by atoms with E-state index in [0.29, 0.717) is 5.56 Å². The number of aliphatic hydroxyl groups is 1. The van der Waals surface area contributed by atoms with Crippen molar-refractivity contribution in [3.63, 3.8) is 0 Å². The van der Waals surface area contributed by atoms with Crippen LogP contribution in [0.5, 0.6) is 0 Å². The molecule has 1 saturated carbocycles. The number of benzene rings is 1. The van der Waals surface area contributed by atoms with Gasteiger partial charge in [-0.05, 0) is 36.5 Å². The van der Waals surface area contributed by atoms with Crippen molar-refractivity contribution in [2.24, 2.45) is 5.92 Å². The standard InChI is InChI=1S/C13H17ClFNO3S/c14-11-6-9(4-5-12(11)15)8-20(18,19)16-7-10-2-1-3-13(10)17/h4-6,10,13,16-17H,1-3,7-8H2/t10-,13-/m1/s1. The second-order valence-electron chi connectivity index (χ2n) is 5.11. The molecular formula is C13H17ClFNO3S. The van der Waals surface area contributed by atoms with Crippen molar-refractivity contribution in [3.8, 4) is 0 Å². The van der Waals surface area contributed by atoms with Gasteiger partial charge in [-0.1, -0.05) is 24.1 Å². The Labute approximate surface area is 123 Å². The van der Waals surface area contributed by atoms with E-state index >= 15 is 0 Å². The Balaban J connectivity index is 1.94. The topological polar surface area (TPSA) is 66.4 Å². The summed E-state index contributed by atoms with van der Waals surface area (Å²) < 4.78 is 39.4. The van der Waals surface area contributed by atoms with Crippen LogP contribution in [0, 0.1) is 11.7 Å². The van der Waals surface area contributed by atoms with Gasteiger partial charge in [0.05, 0.1) is 16.9 Å². The Hall–Kier alpha value is -0.690. The van der Waals surface area contributed by atoms with Crippen molar-refractivity contribution in [1.29, 1.82) is 0 Å². The molecule has 2 rings (SSSR count). The second kappa shape index (κ2) is 6.39. The van der Waals surface area contributed by atoms with E-state index in [9.17, 15) is 17.9 Å². The van der Waals surface area contributed by atoms with Gasteiger partial charge < -0.3 is 5.11 Å². The molecule has 4 nitrogen and oxygen atoms in total. The average molecular weight is 322 g/mol. The summed E-state index contributed by atoms with van der Waals surface area (Å²) in [7, 11) is -3.52. The Morgan fingerprint density at radius 2 is 2.15 bits per heavy atom. The molecule has 2 atom stereocenters. The predicted molar refractivity (Wildman–Crippen MR) is 75.4 cm³/mol. The fraction of sp³-hybridized carbons (Fsp3) is 0.538. The molecular weight excluding hydrogens is 305 g/mol. The van der Waals surface area contributed by atoms with Crippen LogP contribution in [0.2, 0.25) is 5.02 Å². The zero-order valence-electron chi connectivity index (χ0n) is 10.9. The molecule has 0 heterocycles. The first-order valence-electron chi connectivity index (χ1n) is 6.47. The molecule has 1 aliphatic carbocycles. The van der Waals surface area contributed by atoms with Crippen LogP contribution in [0.25, 0.3) is 0 Å². The highest BCUT2D eigenvalue weighted by molar-refractivity contribution is 7.88. The average Bonchev–Trinajstić information content (AvgIpc) is 2.77. The van der Waals surface area contributed by atoms with E-state index in [1.165, 1.54) is 12.1 Å². The number of hydrogen-bond donors (Lipinski definition) is 2. The maximum Gasteiger partial charge on any atom is 0.215 e. The van der Waals surface area contributed by atoms with Gasteiger partial charge in [-0.3, -0.25) is 0 Å². The molecule has 0 aliphatic heterocycles. The van der Waals surface area contributed by atoms with Crippen LogP contribution in [0.4, 0.5) is 4.39 Å². The Morgan fingerprint density at radius 3 is 2.75 bits per heavy atom. The molecule has 1 aromatic carbocycles. The molecule has 0 spiro atoms. The van der Waals surface area contributed by atoms with Gasteiger partial charge >= 0.3 is 0 Å². The predicted octanol–water partition coefficient (Wildman–Crippen LogP) is 2.06. The molecule has 2 N–H and O–H groups in total. The number of halogens is 2. The van der Waals surface area contributed by atoms with Crippen molar-refractivity contribution >= 4 is 21.6 Å². The summed E-state index contributed by atoms with van der Waals surface area (Å²) in [6, 6.07) is 3.85. The lowest BCUT2D eigenvalue weighted by Crippen LogP contribution is -2.33. The molecule has 20 heavy (non-hydrogen) atoms. The lowest BCUT2D eigenvalue weighted by atomic mass is 10.1. The van der Waals surface area contributed by atoms with Gasteiger partial charge in [0.2, 0.25) is 10.0 Å². The van der Waals surface area contributed by atoms with Crippen LogP contribution in [0.3, 0.4) is 0 Å². The van der Waals surface area contributed by atoms with Crippen molar-refractivity contribution in [2.75, 3.05) is 6.54 Å². The number of aliphatic hydroxyl groups excluding tert-OH is 1. The third-order valence-corrected chi connectivity index (χ3v) is 5.13. The number of hydrogen-bond acceptors (Lipinski definition) is 3. The van der Waals surface area contributed by atoms with E-state index in [2.05, 4.69) is 4.72 Å². The van der Waals surface area contributed by atoms with E-state index in [0.717, 1.165) is 25.3 Å².